The first-order chi connectivity index (χ1) is 22.1. The van der Waals surface area contributed by atoms with Crippen LogP contribution >= 0.6 is 31.9 Å². The number of piperidine rings is 1. The number of urea groups is 1. The van der Waals surface area contributed by atoms with E-state index in [9.17, 15) is 24.3 Å². The van der Waals surface area contributed by atoms with Gasteiger partial charge in [0.2, 0.25) is 0 Å². The summed E-state index contributed by atoms with van der Waals surface area (Å²) in [6.07, 6.45) is 1.90. The second kappa shape index (κ2) is 16.6. The first kappa shape index (κ1) is 34.2. The topological polar surface area (TPSA) is 161 Å². The number of ether oxygens (including phenoxy) is 1. The number of aliphatic imine (C=N–C) groups is 2. The molecule has 0 saturated carbocycles. The van der Waals surface area contributed by atoms with Gasteiger partial charge in [0, 0.05) is 37.8 Å². The Balaban J connectivity index is 1.42. The number of carboxylic acid groups (broad SMARTS) is 1. The van der Waals surface area contributed by atoms with E-state index in [4.69, 9.17) is 9.84 Å². The number of para-hydroxylation sites is 1. The molecule has 2 aliphatic rings. The predicted molar refractivity (Wildman–Crippen MR) is 176 cm³/mol. The van der Waals surface area contributed by atoms with E-state index < -0.39 is 24.1 Å². The summed E-state index contributed by atoms with van der Waals surface area (Å²) in [5, 5.41) is 21.6. The standard InChI is InChI=1S/C32H29Br2N5O7/c33-24-18-21(19-25(34)29(24)42)20-27(30(43)36-14-13-35-12-5-1-2-8-28(40)41)46-32(45)38-15-10-23(11-16-38)39-17-9-22-6-3-4-7-26(22)37-31(39)44/h2-4,6-7,12,18-19,23,27,42H,8-11,15-17,20H2,(H,37,44)(H,40,41)/t27-/m1/s1. The highest BCUT2D eigenvalue weighted by molar-refractivity contribution is 9.11. The van der Waals surface area contributed by atoms with Crippen LogP contribution in [0.3, 0.4) is 0 Å². The van der Waals surface area contributed by atoms with Gasteiger partial charge in [-0.05, 0) is 92.3 Å². The molecule has 0 aliphatic carbocycles. The van der Waals surface area contributed by atoms with Crippen LogP contribution in [0.5, 0.6) is 5.75 Å². The predicted octanol–water partition coefficient (Wildman–Crippen LogP) is 5.24. The Hall–Kier alpha value is -4.66. The molecule has 2 aromatic rings. The number of carbonyl (C=O) groups excluding carboxylic acids is 3. The Morgan fingerprint density at radius 1 is 1.09 bits per heavy atom. The molecule has 0 aromatic heterocycles. The van der Waals surface area contributed by atoms with Crippen LogP contribution in [0.2, 0.25) is 0 Å². The minimum atomic E-state index is -1.33. The number of phenolic OH excluding ortho intramolecular Hbond substituents is 1. The molecule has 1 fully saturated rings. The van der Waals surface area contributed by atoms with Gasteiger partial charge in [-0.1, -0.05) is 23.9 Å². The van der Waals surface area contributed by atoms with Crippen molar-refractivity contribution in [1.29, 1.82) is 0 Å². The molecule has 0 bridgehead atoms. The molecule has 46 heavy (non-hydrogen) atoms. The quantitative estimate of drug-likeness (QED) is 0.245. The molecule has 0 spiro atoms. The zero-order valence-corrected chi connectivity index (χ0v) is 27.6. The minimum absolute atomic E-state index is 0.0227. The molecule has 1 saturated heterocycles. The van der Waals surface area contributed by atoms with E-state index in [-0.39, 0.29) is 30.7 Å². The summed E-state index contributed by atoms with van der Waals surface area (Å²) in [5.74, 6) is 2.70. The van der Waals surface area contributed by atoms with Gasteiger partial charge in [0.15, 0.2) is 6.10 Å². The van der Waals surface area contributed by atoms with Crippen LogP contribution in [-0.4, -0.2) is 87.5 Å². The van der Waals surface area contributed by atoms with E-state index in [2.05, 4.69) is 70.4 Å². The number of carboxylic acids is 1. The third-order valence-electron chi connectivity index (χ3n) is 7.19. The van der Waals surface area contributed by atoms with E-state index >= 15 is 0 Å². The third kappa shape index (κ3) is 9.67. The van der Waals surface area contributed by atoms with Crippen molar-refractivity contribution >= 4 is 73.3 Å². The molecule has 0 radical (unpaired) electrons. The van der Waals surface area contributed by atoms with Crippen molar-refractivity contribution in [3.63, 3.8) is 0 Å². The number of amides is 4. The van der Waals surface area contributed by atoms with Gasteiger partial charge < -0.3 is 30.1 Å². The van der Waals surface area contributed by atoms with Gasteiger partial charge in [0.1, 0.15) is 5.75 Å². The van der Waals surface area contributed by atoms with Crippen molar-refractivity contribution in [3.05, 3.63) is 80.2 Å². The molecule has 1 atom stereocenters. The van der Waals surface area contributed by atoms with Gasteiger partial charge in [0.05, 0.1) is 33.3 Å². The molecule has 2 aliphatic heterocycles. The first-order valence-corrected chi connectivity index (χ1v) is 15.8. The van der Waals surface area contributed by atoms with Crippen LogP contribution < -0.4 is 5.32 Å². The summed E-state index contributed by atoms with van der Waals surface area (Å²) >= 11 is 6.53. The molecule has 2 aromatic carbocycles. The maximum Gasteiger partial charge on any atom is 0.410 e. The van der Waals surface area contributed by atoms with Gasteiger partial charge in [-0.15, -0.1) is 0 Å². The lowest BCUT2D eigenvalue weighted by molar-refractivity contribution is -0.136. The number of hydrogen-bond acceptors (Lipinski definition) is 7. The number of nitrogens with one attached hydrogen (secondary N) is 1. The van der Waals surface area contributed by atoms with Gasteiger partial charge in [-0.2, -0.15) is 9.98 Å². The SMILES string of the molecule is O=C(O)CC=C=C=CN=C=C=NC(=O)[C@@H](Cc1cc(Br)c(O)c(Br)c1)OC(=O)N1CCC(N2CCc3ccccc3NC2=O)CC1. The van der Waals surface area contributed by atoms with Crippen molar-refractivity contribution in [2.75, 3.05) is 25.0 Å². The molecular formula is C32H29Br2N5O7. The first-order valence-electron chi connectivity index (χ1n) is 14.2. The maximum absolute atomic E-state index is 13.2. The lowest BCUT2D eigenvalue weighted by atomic mass is 10.0. The van der Waals surface area contributed by atoms with Gasteiger partial charge in [0.25, 0.3) is 5.91 Å². The highest BCUT2D eigenvalue weighted by Crippen LogP contribution is 2.34. The average molecular weight is 755 g/mol. The summed E-state index contributed by atoms with van der Waals surface area (Å²) in [6.45, 7) is 1.22. The fourth-order valence-corrected chi connectivity index (χ4v) is 6.19. The zero-order valence-electron chi connectivity index (χ0n) is 24.4. The number of carbonyl (C=O) groups is 4. The highest BCUT2D eigenvalue weighted by atomic mass is 79.9. The number of aliphatic carboxylic acids is 1. The van der Waals surface area contributed by atoms with Crippen LogP contribution in [0.25, 0.3) is 0 Å². The molecule has 12 nitrogen and oxygen atoms in total. The largest absolute Gasteiger partial charge is 0.506 e. The van der Waals surface area contributed by atoms with Crippen molar-refractivity contribution in [3.8, 4) is 5.75 Å². The number of nitrogens with zero attached hydrogens (tertiary/aromatic N) is 4. The van der Waals surface area contributed by atoms with Crippen molar-refractivity contribution in [2.24, 2.45) is 9.98 Å². The van der Waals surface area contributed by atoms with E-state index in [0.29, 0.717) is 47.0 Å². The number of phenols is 1. The maximum atomic E-state index is 13.2. The highest BCUT2D eigenvalue weighted by Gasteiger charge is 2.33. The fourth-order valence-electron chi connectivity index (χ4n) is 4.90. The number of hydrogen-bond donors (Lipinski definition) is 3. The van der Waals surface area contributed by atoms with E-state index in [1.54, 1.807) is 12.1 Å². The summed E-state index contributed by atoms with van der Waals surface area (Å²) < 4.78 is 6.41. The van der Waals surface area contributed by atoms with E-state index in [1.807, 2.05) is 29.2 Å². The van der Waals surface area contributed by atoms with Crippen LogP contribution in [-0.2, 0) is 27.2 Å². The Labute approximate surface area is 281 Å². The lowest BCUT2D eigenvalue weighted by Gasteiger charge is -2.37. The van der Waals surface area contributed by atoms with Crippen LogP contribution in [0, 0.1) is 0 Å². The van der Waals surface area contributed by atoms with Crippen molar-refractivity contribution < 1.29 is 34.1 Å². The Kier molecular flexibility index (Phi) is 12.3. The number of halogens is 2. The number of aromatic hydroxyl groups is 1. The number of rotatable bonds is 8. The van der Waals surface area contributed by atoms with Crippen molar-refractivity contribution in [1.82, 2.24) is 9.80 Å². The molecular weight excluding hydrogens is 726 g/mol. The lowest BCUT2D eigenvalue weighted by Crippen LogP contribution is -2.50. The van der Waals surface area contributed by atoms with Gasteiger partial charge in [-0.25, -0.2) is 9.59 Å². The molecule has 3 N–H and O–H groups in total. The summed E-state index contributed by atoms with van der Waals surface area (Å²) in [7, 11) is 0. The molecule has 0 unspecified atom stereocenters. The summed E-state index contributed by atoms with van der Waals surface area (Å²) in [6, 6.07) is 10.7. The smallest absolute Gasteiger partial charge is 0.410 e. The van der Waals surface area contributed by atoms with Crippen molar-refractivity contribution in [2.45, 2.75) is 44.2 Å². The van der Waals surface area contributed by atoms with Gasteiger partial charge in [-0.3, -0.25) is 9.59 Å². The molecule has 2 heterocycles. The minimum Gasteiger partial charge on any atom is -0.506 e. The number of fused-ring (bicyclic) bond motifs is 1. The Morgan fingerprint density at radius 3 is 2.52 bits per heavy atom. The second-order valence-electron chi connectivity index (χ2n) is 10.3. The van der Waals surface area contributed by atoms with Crippen LogP contribution in [0.15, 0.2) is 79.1 Å². The molecule has 14 heteroatoms. The third-order valence-corrected chi connectivity index (χ3v) is 8.40. The molecule has 4 amide bonds. The van der Waals surface area contributed by atoms with Gasteiger partial charge >= 0.3 is 18.1 Å². The van der Waals surface area contributed by atoms with E-state index in [1.165, 1.54) is 11.0 Å². The number of anilines is 1. The molecule has 238 valence electrons. The summed E-state index contributed by atoms with van der Waals surface area (Å²) in [4.78, 5) is 60.4. The molecule has 4 rings (SSSR count). The fraction of sp³-hybridized carbons (Fsp3) is 0.312. The number of benzene rings is 2. The average Bonchev–Trinajstić information content (AvgIpc) is 3.20. The second-order valence-corrected chi connectivity index (χ2v) is 12.0. The zero-order chi connectivity index (χ0) is 33.1. The Bertz CT molecular complexity index is 1690. The van der Waals surface area contributed by atoms with E-state index in [0.717, 1.165) is 23.9 Å². The van der Waals surface area contributed by atoms with Crippen LogP contribution in [0.1, 0.15) is 30.4 Å². The van der Waals surface area contributed by atoms with Crippen LogP contribution in [0.4, 0.5) is 15.3 Å². The monoisotopic (exact) mass is 753 g/mol. The Morgan fingerprint density at radius 2 is 1.80 bits per heavy atom. The normalized spacial score (nSPS) is 14.9. The summed E-state index contributed by atoms with van der Waals surface area (Å²) in [5.41, 5.74) is 7.41. The number of likely N-dealkylation sites (tertiary alicyclic amines) is 1.